The fourth-order valence-corrected chi connectivity index (χ4v) is 2.55. The molecule has 0 aliphatic carbocycles. The summed E-state index contributed by atoms with van der Waals surface area (Å²) < 4.78 is 7.57. The molecule has 0 saturated heterocycles. The highest BCUT2D eigenvalue weighted by Crippen LogP contribution is 2.25. The molecule has 23 heavy (non-hydrogen) atoms. The Balaban J connectivity index is 1.68. The first kappa shape index (κ1) is 15.1. The van der Waals surface area contributed by atoms with Gasteiger partial charge in [-0.3, -0.25) is 4.79 Å². The second-order valence-corrected chi connectivity index (χ2v) is 5.68. The highest BCUT2D eigenvalue weighted by atomic mass is 16.5. The molecule has 6 heteroatoms. The smallest absolute Gasteiger partial charge is 0.251 e. The van der Waals surface area contributed by atoms with Crippen LogP contribution >= 0.6 is 0 Å². The maximum atomic E-state index is 12.3. The largest absolute Gasteiger partial charge is 0.488 e. The lowest BCUT2D eigenvalue weighted by Crippen LogP contribution is -2.29. The van der Waals surface area contributed by atoms with Gasteiger partial charge in [-0.15, -0.1) is 0 Å². The topological polar surface area (TPSA) is 59.4 Å². The van der Waals surface area contributed by atoms with E-state index in [1.54, 1.807) is 6.20 Å². The van der Waals surface area contributed by atoms with Gasteiger partial charge in [0.25, 0.3) is 5.91 Å². The van der Waals surface area contributed by atoms with Gasteiger partial charge < -0.3 is 19.5 Å². The Morgan fingerprint density at radius 1 is 1.39 bits per heavy atom. The predicted molar refractivity (Wildman–Crippen MR) is 89.3 cm³/mol. The zero-order valence-corrected chi connectivity index (χ0v) is 13.5. The highest BCUT2D eigenvalue weighted by molar-refractivity contribution is 5.99. The Morgan fingerprint density at radius 2 is 2.17 bits per heavy atom. The second-order valence-electron chi connectivity index (χ2n) is 5.68. The lowest BCUT2D eigenvalue weighted by atomic mass is 10.1. The van der Waals surface area contributed by atoms with Crippen molar-refractivity contribution < 1.29 is 9.53 Å². The molecule has 120 valence electrons. The molecule has 0 fully saturated rings. The second kappa shape index (κ2) is 6.16. The van der Waals surface area contributed by atoms with Crippen LogP contribution in [0.4, 0.5) is 5.95 Å². The fraction of sp³-hybridized carbons (Fsp3) is 0.294. The van der Waals surface area contributed by atoms with E-state index >= 15 is 0 Å². The number of benzene rings is 1. The summed E-state index contributed by atoms with van der Waals surface area (Å²) in [6.07, 6.45) is 3.65. The average Bonchev–Trinajstić information content (AvgIpc) is 2.93. The van der Waals surface area contributed by atoms with Gasteiger partial charge in [-0.1, -0.05) is 18.2 Å². The molecule has 1 aromatic carbocycles. The number of hydrogen-bond donors (Lipinski definition) is 1. The molecule has 0 unspecified atom stereocenters. The van der Waals surface area contributed by atoms with E-state index in [1.165, 1.54) is 0 Å². The summed E-state index contributed by atoms with van der Waals surface area (Å²) in [7, 11) is 5.81. The van der Waals surface area contributed by atoms with Crippen molar-refractivity contribution in [1.82, 2.24) is 14.9 Å². The molecule has 0 saturated carbocycles. The quantitative estimate of drug-likeness (QED) is 0.931. The van der Waals surface area contributed by atoms with Crippen molar-refractivity contribution in [1.29, 1.82) is 0 Å². The van der Waals surface area contributed by atoms with Gasteiger partial charge in [0.05, 0.1) is 24.0 Å². The molecule has 1 aliphatic heterocycles. The van der Waals surface area contributed by atoms with Gasteiger partial charge in [0.1, 0.15) is 12.4 Å². The first-order chi connectivity index (χ1) is 11.1. The summed E-state index contributed by atoms with van der Waals surface area (Å²) >= 11 is 0. The van der Waals surface area contributed by atoms with E-state index in [0.717, 1.165) is 23.0 Å². The van der Waals surface area contributed by atoms with Crippen LogP contribution in [0.5, 0.6) is 5.75 Å². The maximum absolute atomic E-state index is 12.3. The Kier molecular flexibility index (Phi) is 4.06. The van der Waals surface area contributed by atoms with Crippen LogP contribution in [0, 0.1) is 0 Å². The molecule has 0 atom stereocenters. The molecular formula is C17H20N4O2. The average molecular weight is 312 g/mol. The van der Waals surface area contributed by atoms with E-state index < -0.39 is 0 Å². The number of carbonyl (C=O) groups is 1. The zero-order chi connectivity index (χ0) is 16.4. The van der Waals surface area contributed by atoms with Gasteiger partial charge in [0.15, 0.2) is 0 Å². The summed E-state index contributed by atoms with van der Waals surface area (Å²) in [5.41, 5.74) is 2.50. The number of fused-ring (bicyclic) bond motifs is 1. The van der Waals surface area contributed by atoms with Gasteiger partial charge in [-0.25, -0.2) is 4.98 Å². The molecule has 2 heterocycles. The number of ether oxygens (including phenoxy) is 1. The minimum atomic E-state index is -0.118. The molecule has 1 aromatic heterocycles. The normalized spacial score (nSPS) is 12.9. The standard InChI is InChI=1S/C17H20N4O2/c1-20(2)17-19-10-14(21(17)3)9-18-16(22)13-8-12-6-4-5-7-15(12)23-11-13/h4-8,10H,9,11H2,1-3H3,(H,18,22). The van der Waals surface area contributed by atoms with Gasteiger partial charge in [-0.2, -0.15) is 0 Å². The van der Waals surface area contributed by atoms with E-state index in [4.69, 9.17) is 4.74 Å². The number of aromatic nitrogens is 2. The van der Waals surface area contributed by atoms with E-state index in [1.807, 2.05) is 61.0 Å². The van der Waals surface area contributed by atoms with Crippen LogP contribution in [-0.2, 0) is 18.4 Å². The number of amides is 1. The van der Waals surface area contributed by atoms with Crippen LogP contribution < -0.4 is 15.0 Å². The molecular weight excluding hydrogens is 292 g/mol. The first-order valence-corrected chi connectivity index (χ1v) is 7.45. The Bertz CT molecular complexity index is 762. The molecule has 2 aromatic rings. The molecule has 3 rings (SSSR count). The monoisotopic (exact) mass is 312 g/mol. The Labute approximate surface area is 135 Å². The third-order valence-corrected chi connectivity index (χ3v) is 3.81. The van der Waals surface area contributed by atoms with Crippen LogP contribution in [-0.4, -0.2) is 36.2 Å². The third kappa shape index (κ3) is 3.06. The Hall–Kier alpha value is -2.76. The number of rotatable bonds is 4. The molecule has 0 spiro atoms. The van der Waals surface area contributed by atoms with Crippen LogP contribution in [0.15, 0.2) is 36.0 Å². The van der Waals surface area contributed by atoms with E-state index in [0.29, 0.717) is 12.1 Å². The summed E-state index contributed by atoms with van der Waals surface area (Å²) in [4.78, 5) is 18.6. The number of anilines is 1. The van der Waals surface area contributed by atoms with Crippen molar-refractivity contribution in [2.45, 2.75) is 6.54 Å². The molecule has 1 N–H and O–H groups in total. The number of nitrogens with zero attached hydrogens (tertiary/aromatic N) is 3. The van der Waals surface area contributed by atoms with Crippen molar-refractivity contribution in [3.8, 4) is 5.75 Å². The lowest BCUT2D eigenvalue weighted by Gasteiger charge is -2.17. The molecule has 1 amide bonds. The van der Waals surface area contributed by atoms with E-state index in [9.17, 15) is 4.79 Å². The van der Waals surface area contributed by atoms with Gasteiger partial charge in [-0.05, 0) is 12.1 Å². The van der Waals surface area contributed by atoms with Crippen molar-refractivity contribution in [2.24, 2.45) is 7.05 Å². The number of nitrogens with one attached hydrogen (secondary N) is 1. The van der Waals surface area contributed by atoms with Crippen LogP contribution in [0.2, 0.25) is 0 Å². The van der Waals surface area contributed by atoms with E-state index in [-0.39, 0.29) is 12.5 Å². The minimum Gasteiger partial charge on any atom is -0.488 e. The number of para-hydroxylation sites is 1. The highest BCUT2D eigenvalue weighted by Gasteiger charge is 2.17. The predicted octanol–water partition coefficient (Wildman–Crippen LogP) is 1.58. The van der Waals surface area contributed by atoms with Crippen molar-refractivity contribution in [3.63, 3.8) is 0 Å². The SMILES string of the molecule is CN(C)c1ncc(CNC(=O)C2=Cc3ccccc3OC2)n1C. The summed E-state index contributed by atoms with van der Waals surface area (Å²) in [6.45, 7) is 0.715. The Morgan fingerprint density at radius 3 is 2.91 bits per heavy atom. The number of imidazole rings is 1. The number of carbonyl (C=O) groups excluding carboxylic acids is 1. The first-order valence-electron chi connectivity index (χ1n) is 7.45. The van der Waals surface area contributed by atoms with Crippen LogP contribution in [0.25, 0.3) is 6.08 Å². The summed E-state index contributed by atoms with van der Waals surface area (Å²) in [5, 5.41) is 2.93. The van der Waals surface area contributed by atoms with Crippen molar-refractivity contribution in [2.75, 3.05) is 25.6 Å². The molecule has 0 radical (unpaired) electrons. The lowest BCUT2D eigenvalue weighted by molar-refractivity contribution is -0.117. The maximum Gasteiger partial charge on any atom is 0.251 e. The molecule has 6 nitrogen and oxygen atoms in total. The summed E-state index contributed by atoms with van der Waals surface area (Å²) in [5.74, 6) is 1.54. The fourth-order valence-electron chi connectivity index (χ4n) is 2.55. The summed E-state index contributed by atoms with van der Waals surface area (Å²) in [6, 6.07) is 7.69. The molecule has 0 bridgehead atoms. The zero-order valence-electron chi connectivity index (χ0n) is 13.5. The van der Waals surface area contributed by atoms with Crippen molar-refractivity contribution in [3.05, 3.63) is 47.3 Å². The van der Waals surface area contributed by atoms with Gasteiger partial charge in [0, 0.05) is 26.7 Å². The van der Waals surface area contributed by atoms with Gasteiger partial charge >= 0.3 is 0 Å². The van der Waals surface area contributed by atoms with Crippen LogP contribution in [0.1, 0.15) is 11.3 Å². The van der Waals surface area contributed by atoms with E-state index in [2.05, 4.69) is 10.3 Å². The minimum absolute atomic E-state index is 0.118. The van der Waals surface area contributed by atoms with Crippen LogP contribution in [0.3, 0.4) is 0 Å². The third-order valence-electron chi connectivity index (χ3n) is 3.81. The molecule has 1 aliphatic rings. The van der Waals surface area contributed by atoms with Gasteiger partial charge in [0.2, 0.25) is 5.95 Å². The number of hydrogen-bond acceptors (Lipinski definition) is 4. The van der Waals surface area contributed by atoms with Crippen molar-refractivity contribution >= 4 is 17.9 Å².